The summed E-state index contributed by atoms with van der Waals surface area (Å²) in [6.07, 6.45) is 3.45. The van der Waals surface area contributed by atoms with Crippen molar-refractivity contribution in [2.24, 2.45) is 0 Å². The zero-order valence-corrected chi connectivity index (χ0v) is 15.5. The lowest BCUT2D eigenvalue weighted by Crippen LogP contribution is -2.18. The number of para-hydroxylation sites is 2. The fraction of sp³-hybridized carbons (Fsp3) is 0.0870. The Morgan fingerprint density at radius 2 is 1.71 bits per heavy atom. The van der Waals surface area contributed by atoms with Gasteiger partial charge in [0.25, 0.3) is 5.91 Å². The first-order valence-electron chi connectivity index (χ1n) is 9.20. The Kier molecular flexibility index (Phi) is 4.97. The van der Waals surface area contributed by atoms with E-state index in [1.54, 1.807) is 18.5 Å². The second-order valence-corrected chi connectivity index (χ2v) is 6.32. The number of nitrogens with zero attached hydrogens (tertiary/aromatic N) is 3. The van der Waals surface area contributed by atoms with Crippen LogP contribution in [0.2, 0.25) is 0 Å². The van der Waals surface area contributed by atoms with Crippen LogP contribution in [-0.4, -0.2) is 22.4 Å². The van der Waals surface area contributed by atoms with Crippen LogP contribution in [0.15, 0.2) is 85.2 Å². The van der Waals surface area contributed by atoms with Gasteiger partial charge < -0.3 is 10.2 Å². The highest BCUT2D eigenvalue weighted by molar-refractivity contribution is 6.07. The fourth-order valence-electron chi connectivity index (χ4n) is 3.19. The van der Waals surface area contributed by atoms with Crippen molar-refractivity contribution in [3.8, 4) is 0 Å². The Morgan fingerprint density at radius 1 is 0.893 bits per heavy atom. The summed E-state index contributed by atoms with van der Waals surface area (Å²) in [6, 6.07) is 23.3. The van der Waals surface area contributed by atoms with E-state index in [0.717, 1.165) is 28.8 Å². The molecule has 28 heavy (non-hydrogen) atoms. The molecule has 5 heteroatoms. The molecule has 0 aliphatic rings. The summed E-state index contributed by atoms with van der Waals surface area (Å²) >= 11 is 0. The lowest BCUT2D eigenvalue weighted by Gasteiger charge is -2.23. The highest BCUT2D eigenvalue weighted by Gasteiger charge is 2.12. The highest BCUT2D eigenvalue weighted by Crippen LogP contribution is 2.25. The average Bonchev–Trinajstić information content (AvgIpc) is 2.76. The number of fused-ring (bicyclic) bond motifs is 1. The van der Waals surface area contributed by atoms with Crippen molar-refractivity contribution in [1.29, 1.82) is 0 Å². The molecule has 5 nitrogen and oxygen atoms in total. The molecule has 0 aliphatic carbocycles. The van der Waals surface area contributed by atoms with E-state index < -0.39 is 0 Å². The summed E-state index contributed by atoms with van der Waals surface area (Å²) in [5.74, 6) is -0.257. The fourth-order valence-corrected chi connectivity index (χ4v) is 3.19. The van der Waals surface area contributed by atoms with Crippen molar-refractivity contribution in [3.63, 3.8) is 0 Å². The normalized spacial score (nSPS) is 10.6. The van der Waals surface area contributed by atoms with Crippen LogP contribution in [-0.2, 0) is 0 Å². The number of anilines is 3. The third-order valence-corrected chi connectivity index (χ3v) is 4.56. The number of carbonyl (C=O) groups is 1. The van der Waals surface area contributed by atoms with Gasteiger partial charge in [-0.15, -0.1) is 0 Å². The van der Waals surface area contributed by atoms with Crippen molar-refractivity contribution in [3.05, 3.63) is 90.9 Å². The maximum absolute atomic E-state index is 12.7. The van der Waals surface area contributed by atoms with Crippen molar-refractivity contribution < 1.29 is 4.79 Å². The molecule has 0 fully saturated rings. The zero-order valence-electron chi connectivity index (χ0n) is 15.5. The number of carbonyl (C=O) groups excluding carboxylic acids is 1. The number of pyridine rings is 2. The van der Waals surface area contributed by atoms with E-state index in [4.69, 9.17) is 0 Å². The van der Waals surface area contributed by atoms with Gasteiger partial charge in [0.2, 0.25) is 0 Å². The largest absolute Gasteiger partial charge is 0.341 e. The number of amides is 1. The van der Waals surface area contributed by atoms with E-state index in [1.807, 2.05) is 54.6 Å². The monoisotopic (exact) mass is 368 g/mol. The van der Waals surface area contributed by atoms with Crippen LogP contribution in [0, 0.1) is 0 Å². The standard InChI is InChI=1S/C23H20N4O/c1-2-27(18-10-4-3-5-11-18)19-13-14-21(25-16-19)23(28)26-20-12-6-8-17-9-7-15-24-22(17)20/h3-16H,2H2,1H3,(H,26,28). The number of aromatic nitrogens is 2. The van der Waals surface area contributed by atoms with Gasteiger partial charge in [0.05, 0.1) is 23.1 Å². The van der Waals surface area contributed by atoms with Gasteiger partial charge in [-0.1, -0.05) is 36.4 Å². The molecule has 0 aliphatic heterocycles. The van der Waals surface area contributed by atoms with Gasteiger partial charge in [-0.05, 0) is 43.3 Å². The van der Waals surface area contributed by atoms with Crippen LogP contribution in [0.1, 0.15) is 17.4 Å². The quantitative estimate of drug-likeness (QED) is 0.536. The molecule has 0 bridgehead atoms. The van der Waals surface area contributed by atoms with Crippen molar-refractivity contribution >= 4 is 33.9 Å². The van der Waals surface area contributed by atoms with Crippen molar-refractivity contribution in [1.82, 2.24) is 9.97 Å². The van der Waals surface area contributed by atoms with E-state index in [0.29, 0.717) is 11.4 Å². The predicted molar refractivity (Wildman–Crippen MR) is 113 cm³/mol. The average molecular weight is 368 g/mol. The van der Waals surface area contributed by atoms with Crippen molar-refractivity contribution in [2.75, 3.05) is 16.8 Å². The summed E-state index contributed by atoms with van der Waals surface area (Å²) < 4.78 is 0. The van der Waals surface area contributed by atoms with Gasteiger partial charge in [-0.3, -0.25) is 9.78 Å². The van der Waals surface area contributed by atoms with Crippen LogP contribution in [0.25, 0.3) is 10.9 Å². The van der Waals surface area contributed by atoms with E-state index in [1.165, 1.54) is 0 Å². The molecule has 0 saturated heterocycles. The van der Waals surface area contributed by atoms with Gasteiger partial charge in [0, 0.05) is 23.8 Å². The van der Waals surface area contributed by atoms with E-state index >= 15 is 0 Å². The molecule has 0 spiro atoms. The summed E-state index contributed by atoms with van der Waals surface area (Å²) in [5.41, 5.74) is 3.83. The molecular weight excluding hydrogens is 348 g/mol. The number of nitrogens with one attached hydrogen (secondary N) is 1. The Hall–Kier alpha value is -3.73. The first kappa shape index (κ1) is 17.7. The minimum absolute atomic E-state index is 0.257. The third kappa shape index (κ3) is 3.55. The minimum Gasteiger partial charge on any atom is -0.341 e. The second kappa shape index (κ2) is 7.88. The molecule has 0 saturated carbocycles. The summed E-state index contributed by atoms with van der Waals surface area (Å²) in [7, 11) is 0. The van der Waals surface area contributed by atoms with Gasteiger partial charge >= 0.3 is 0 Å². The second-order valence-electron chi connectivity index (χ2n) is 6.32. The number of rotatable bonds is 5. The van der Waals surface area contributed by atoms with E-state index in [9.17, 15) is 4.79 Å². The molecule has 138 valence electrons. The van der Waals surface area contributed by atoms with Gasteiger partial charge in [-0.2, -0.15) is 0 Å². The summed E-state index contributed by atoms with van der Waals surface area (Å²) in [5, 5.41) is 3.89. The molecule has 2 heterocycles. The Bertz CT molecular complexity index is 1090. The summed E-state index contributed by atoms with van der Waals surface area (Å²) in [6.45, 7) is 2.89. The minimum atomic E-state index is -0.257. The molecule has 0 radical (unpaired) electrons. The molecule has 2 aromatic carbocycles. The first-order valence-corrected chi connectivity index (χ1v) is 9.20. The lowest BCUT2D eigenvalue weighted by atomic mass is 10.2. The molecule has 2 aromatic heterocycles. The molecule has 4 aromatic rings. The number of benzene rings is 2. The topological polar surface area (TPSA) is 58.1 Å². The van der Waals surface area contributed by atoms with Gasteiger partial charge in [0.1, 0.15) is 5.69 Å². The van der Waals surface area contributed by atoms with Crippen LogP contribution >= 0.6 is 0 Å². The van der Waals surface area contributed by atoms with Crippen LogP contribution in [0.4, 0.5) is 17.1 Å². The Morgan fingerprint density at radius 3 is 2.46 bits per heavy atom. The van der Waals surface area contributed by atoms with Crippen molar-refractivity contribution in [2.45, 2.75) is 6.92 Å². The lowest BCUT2D eigenvalue weighted by molar-refractivity contribution is 0.102. The third-order valence-electron chi connectivity index (χ3n) is 4.56. The summed E-state index contributed by atoms with van der Waals surface area (Å²) in [4.78, 5) is 23.5. The van der Waals surface area contributed by atoms with Crippen LogP contribution in [0.3, 0.4) is 0 Å². The van der Waals surface area contributed by atoms with Gasteiger partial charge in [-0.25, -0.2) is 4.98 Å². The highest BCUT2D eigenvalue weighted by atomic mass is 16.1. The molecule has 4 rings (SSSR count). The first-order chi connectivity index (χ1) is 13.8. The maximum Gasteiger partial charge on any atom is 0.274 e. The van der Waals surface area contributed by atoms with Crippen LogP contribution in [0.5, 0.6) is 0 Å². The SMILES string of the molecule is CCN(c1ccccc1)c1ccc(C(=O)Nc2cccc3cccnc23)nc1. The molecule has 1 amide bonds. The maximum atomic E-state index is 12.7. The number of hydrogen-bond donors (Lipinski definition) is 1. The smallest absolute Gasteiger partial charge is 0.274 e. The number of hydrogen-bond acceptors (Lipinski definition) is 4. The molecular formula is C23H20N4O. The predicted octanol–water partition coefficient (Wildman–Crippen LogP) is 5.04. The molecule has 0 atom stereocenters. The zero-order chi connectivity index (χ0) is 19.3. The van der Waals surface area contributed by atoms with Crippen LogP contribution < -0.4 is 10.2 Å². The molecule has 0 unspecified atom stereocenters. The Balaban J connectivity index is 1.56. The van der Waals surface area contributed by atoms with E-state index in [2.05, 4.69) is 39.2 Å². The Labute approximate surface area is 163 Å². The molecule has 1 N–H and O–H groups in total. The van der Waals surface area contributed by atoms with E-state index in [-0.39, 0.29) is 5.91 Å². The van der Waals surface area contributed by atoms with Gasteiger partial charge in [0.15, 0.2) is 0 Å².